The second kappa shape index (κ2) is 11.1. The minimum Gasteiger partial charge on any atom is -0.490 e. The lowest BCUT2D eigenvalue weighted by Crippen LogP contribution is -2.02. The van der Waals surface area contributed by atoms with Gasteiger partial charge in [-0.25, -0.2) is 0 Å². The summed E-state index contributed by atoms with van der Waals surface area (Å²) in [4.78, 5) is 20.6. The molecule has 0 atom stereocenters. The molecule has 0 radical (unpaired) electrons. The third-order valence-electron chi connectivity index (χ3n) is 4.58. The molecule has 11 nitrogen and oxygen atoms in total. The fourth-order valence-corrected chi connectivity index (χ4v) is 2.96. The van der Waals surface area contributed by atoms with Gasteiger partial charge in [0.1, 0.15) is 12.3 Å². The van der Waals surface area contributed by atoms with Crippen molar-refractivity contribution in [2.75, 3.05) is 12.0 Å². The Bertz CT molecular complexity index is 1290. The standard InChI is InChI=1S/C23H19N5O6/c1-2-33-23-11-16(7-10-22(23)34-15-18-6-4-3-5-17(18)13-24)14-25-26-20-9-8-19(27(29)30)12-21(20)28(31)32/h3-12,14,26H,2,15H2,1H3/b25-14-. The zero-order valence-corrected chi connectivity index (χ0v) is 18.0. The molecule has 0 aliphatic carbocycles. The Morgan fingerprint density at radius 1 is 1.03 bits per heavy atom. The second-order valence-corrected chi connectivity index (χ2v) is 6.78. The van der Waals surface area contributed by atoms with Crippen LogP contribution in [0, 0.1) is 31.6 Å². The van der Waals surface area contributed by atoms with Crippen LogP contribution in [0.2, 0.25) is 0 Å². The van der Waals surface area contributed by atoms with Crippen molar-refractivity contribution in [3.05, 3.63) is 97.6 Å². The normalized spacial score (nSPS) is 10.5. The smallest absolute Gasteiger partial charge is 0.301 e. The van der Waals surface area contributed by atoms with Gasteiger partial charge in [-0.1, -0.05) is 18.2 Å². The molecule has 34 heavy (non-hydrogen) atoms. The van der Waals surface area contributed by atoms with E-state index in [1.807, 2.05) is 19.1 Å². The molecule has 0 saturated heterocycles. The Labute approximate surface area is 194 Å². The highest BCUT2D eigenvalue weighted by Gasteiger charge is 2.19. The molecule has 0 heterocycles. The first-order valence-corrected chi connectivity index (χ1v) is 10.0. The maximum absolute atomic E-state index is 11.2. The van der Waals surface area contributed by atoms with Crippen molar-refractivity contribution >= 4 is 23.3 Å². The van der Waals surface area contributed by atoms with Crippen LogP contribution < -0.4 is 14.9 Å². The Balaban J connectivity index is 1.76. The van der Waals surface area contributed by atoms with E-state index >= 15 is 0 Å². The van der Waals surface area contributed by atoms with Crippen LogP contribution in [-0.4, -0.2) is 22.7 Å². The zero-order chi connectivity index (χ0) is 24.5. The van der Waals surface area contributed by atoms with Crippen LogP contribution in [0.3, 0.4) is 0 Å². The Morgan fingerprint density at radius 3 is 2.53 bits per heavy atom. The molecule has 0 bridgehead atoms. The molecule has 172 valence electrons. The summed E-state index contributed by atoms with van der Waals surface area (Å²) in [6, 6.07) is 17.6. The number of non-ortho nitro benzene ring substituents is 1. The summed E-state index contributed by atoms with van der Waals surface area (Å²) >= 11 is 0. The van der Waals surface area contributed by atoms with E-state index in [4.69, 9.17) is 9.47 Å². The quantitative estimate of drug-likeness (QED) is 0.257. The number of hydrazone groups is 1. The van der Waals surface area contributed by atoms with Gasteiger partial charge >= 0.3 is 5.69 Å². The Morgan fingerprint density at radius 2 is 1.82 bits per heavy atom. The molecule has 0 amide bonds. The summed E-state index contributed by atoms with van der Waals surface area (Å²) in [7, 11) is 0. The van der Waals surface area contributed by atoms with Crippen molar-refractivity contribution < 1.29 is 19.3 Å². The lowest BCUT2D eigenvalue weighted by molar-refractivity contribution is -0.393. The summed E-state index contributed by atoms with van der Waals surface area (Å²) in [5.41, 5.74) is 3.56. The fourth-order valence-electron chi connectivity index (χ4n) is 2.96. The molecule has 0 spiro atoms. The molecule has 3 aromatic rings. The summed E-state index contributed by atoms with van der Waals surface area (Å²) in [6.45, 7) is 2.40. The van der Waals surface area contributed by atoms with Gasteiger partial charge in [0.25, 0.3) is 5.69 Å². The van der Waals surface area contributed by atoms with E-state index in [1.165, 1.54) is 12.3 Å². The predicted molar refractivity (Wildman–Crippen MR) is 124 cm³/mol. The van der Waals surface area contributed by atoms with Gasteiger partial charge in [0.05, 0.1) is 40.4 Å². The van der Waals surface area contributed by atoms with Crippen molar-refractivity contribution in [1.82, 2.24) is 0 Å². The number of hydrogen-bond donors (Lipinski definition) is 1. The number of rotatable bonds is 10. The Kier molecular flexibility index (Phi) is 7.70. The number of hydrogen-bond acceptors (Lipinski definition) is 9. The summed E-state index contributed by atoms with van der Waals surface area (Å²) in [5.74, 6) is 0.938. The van der Waals surface area contributed by atoms with E-state index in [1.54, 1.807) is 30.3 Å². The van der Waals surface area contributed by atoms with E-state index in [0.717, 1.165) is 17.7 Å². The molecular weight excluding hydrogens is 442 g/mol. The van der Waals surface area contributed by atoms with Gasteiger partial charge in [0.15, 0.2) is 11.5 Å². The second-order valence-electron chi connectivity index (χ2n) is 6.78. The van der Waals surface area contributed by atoms with Crippen LogP contribution >= 0.6 is 0 Å². The first-order chi connectivity index (χ1) is 16.4. The highest BCUT2D eigenvalue weighted by molar-refractivity contribution is 5.82. The molecule has 1 N–H and O–H groups in total. The number of nitro groups is 2. The third-order valence-corrected chi connectivity index (χ3v) is 4.58. The van der Waals surface area contributed by atoms with Gasteiger partial charge in [-0.05, 0) is 42.8 Å². The van der Waals surface area contributed by atoms with Crippen molar-refractivity contribution in [2.45, 2.75) is 13.5 Å². The zero-order valence-electron chi connectivity index (χ0n) is 18.0. The number of nitriles is 1. The van der Waals surface area contributed by atoms with E-state index in [-0.39, 0.29) is 12.3 Å². The van der Waals surface area contributed by atoms with E-state index in [0.29, 0.717) is 29.2 Å². The molecule has 0 aliphatic heterocycles. The minimum absolute atomic E-state index is 0.00740. The fraction of sp³-hybridized carbons (Fsp3) is 0.130. The molecule has 0 saturated carbocycles. The largest absolute Gasteiger partial charge is 0.490 e. The lowest BCUT2D eigenvalue weighted by atomic mass is 10.1. The van der Waals surface area contributed by atoms with E-state index in [9.17, 15) is 25.5 Å². The highest BCUT2D eigenvalue weighted by atomic mass is 16.6. The van der Waals surface area contributed by atoms with Crippen molar-refractivity contribution in [3.8, 4) is 17.6 Å². The van der Waals surface area contributed by atoms with Gasteiger partial charge in [-0.3, -0.25) is 25.7 Å². The SMILES string of the molecule is CCOc1cc(/C=N\Nc2ccc([N+](=O)[O-])cc2[N+](=O)[O-])ccc1OCc1ccccc1C#N. The maximum Gasteiger partial charge on any atom is 0.301 e. The van der Waals surface area contributed by atoms with Crippen LogP contribution in [0.1, 0.15) is 23.6 Å². The molecule has 3 rings (SSSR count). The van der Waals surface area contributed by atoms with Crippen LogP contribution in [0.5, 0.6) is 11.5 Å². The highest BCUT2D eigenvalue weighted by Crippen LogP contribution is 2.30. The van der Waals surface area contributed by atoms with Crippen molar-refractivity contribution in [1.29, 1.82) is 5.26 Å². The van der Waals surface area contributed by atoms with Crippen LogP contribution in [-0.2, 0) is 6.61 Å². The van der Waals surface area contributed by atoms with Crippen LogP contribution in [0.4, 0.5) is 17.1 Å². The first-order valence-electron chi connectivity index (χ1n) is 10.0. The molecule has 3 aromatic carbocycles. The molecule has 0 aliphatic rings. The number of ether oxygens (including phenoxy) is 2. The first kappa shape index (κ1) is 23.7. The van der Waals surface area contributed by atoms with Gasteiger partial charge < -0.3 is 9.47 Å². The average Bonchev–Trinajstić information content (AvgIpc) is 2.83. The minimum atomic E-state index is -0.728. The monoisotopic (exact) mass is 461 g/mol. The molecular formula is C23H19N5O6. The van der Waals surface area contributed by atoms with Gasteiger partial charge in [-0.2, -0.15) is 10.4 Å². The topological polar surface area (TPSA) is 153 Å². The Hall–Kier alpha value is -4.98. The number of nitrogens with zero attached hydrogens (tertiary/aromatic N) is 4. The van der Waals surface area contributed by atoms with Gasteiger partial charge in [0, 0.05) is 11.6 Å². The van der Waals surface area contributed by atoms with Crippen molar-refractivity contribution in [2.24, 2.45) is 5.10 Å². The maximum atomic E-state index is 11.2. The predicted octanol–water partition coefficient (Wildman–Crippen LogP) is 4.80. The molecule has 0 fully saturated rings. The van der Waals surface area contributed by atoms with Crippen LogP contribution in [0.15, 0.2) is 65.8 Å². The third kappa shape index (κ3) is 5.83. The average molecular weight is 461 g/mol. The van der Waals surface area contributed by atoms with E-state index in [2.05, 4.69) is 16.6 Å². The lowest BCUT2D eigenvalue weighted by Gasteiger charge is -2.13. The van der Waals surface area contributed by atoms with Gasteiger partial charge in [0.2, 0.25) is 0 Å². The number of nitro benzene ring substituents is 2. The molecule has 0 aromatic heterocycles. The van der Waals surface area contributed by atoms with E-state index < -0.39 is 21.2 Å². The summed E-state index contributed by atoms with van der Waals surface area (Å²) in [5, 5.41) is 35.3. The molecule has 0 unspecified atom stereocenters. The number of benzene rings is 3. The van der Waals surface area contributed by atoms with Crippen molar-refractivity contribution in [3.63, 3.8) is 0 Å². The summed E-state index contributed by atoms with van der Waals surface area (Å²) < 4.78 is 11.5. The molecule has 11 heteroatoms. The van der Waals surface area contributed by atoms with Crippen LogP contribution in [0.25, 0.3) is 0 Å². The number of anilines is 1. The number of nitrogens with one attached hydrogen (secondary N) is 1. The summed E-state index contributed by atoms with van der Waals surface area (Å²) in [6.07, 6.45) is 1.42. The van der Waals surface area contributed by atoms with Gasteiger partial charge in [-0.15, -0.1) is 0 Å².